The van der Waals surface area contributed by atoms with Crippen molar-refractivity contribution in [2.45, 2.75) is 79.1 Å². The Hall–Kier alpha value is -1.47. The summed E-state index contributed by atoms with van der Waals surface area (Å²) in [5.41, 5.74) is 8.65. The predicted molar refractivity (Wildman–Crippen MR) is 129 cm³/mol. The van der Waals surface area contributed by atoms with E-state index in [2.05, 4.69) is 119 Å². The maximum atomic E-state index is 2.96. The van der Waals surface area contributed by atoms with Crippen molar-refractivity contribution in [1.82, 2.24) is 0 Å². The summed E-state index contributed by atoms with van der Waals surface area (Å²) in [6.45, 7) is 20.5. The van der Waals surface area contributed by atoms with Gasteiger partial charge >= 0.3 is 194 Å². The monoisotopic (exact) mass is 492 g/mol. The SMILES string of the molecule is CC(C)c1cccc(C(C)C)c1N1CCN(c2c(C(C)C)cccc2C(C)C)[C]1=[Ru]. The summed E-state index contributed by atoms with van der Waals surface area (Å²) in [4.78, 5) is 5.12. The molecular weight excluding hydrogens is 453 g/mol. The molecule has 3 rings (SSSR count). The quantitative estimate of drug-likeness (QED) is 0.396. The van der Waals surface area contributed by atoms with Crippen LogP contribution in [0.25, 0.3) is 0 Å². The zero-order valence-corrected chi connectivity index (χ0v) is 21.7. The summed E-state index contributed by atoms with van der Waals surface area (Å²) in [5, 5.41) is 0. The van der Waals surface area contributed by atoms with E-state index in [4.69, 9.17) is 0 Å². The van der Waals surface area contributed by atoms with E-state index in [1.807, 2.05) is 0 Å². The molecule has 0 bridgehead atoms. The second kappa shape index (κ2) is 9.35. The van der Waals surface area contributed by atoms with Crippen LogP contribution < -0.4 is 9.80 Å². The van der Waals surface area contributed by atoms with Crippen molar-refractivity contribution in [2.24, 2.45) is 0 Å². The average Bonchev–Trinajstić information content (AvgIpc) is 3.07. The van der Waals surface area contributed by atoms with Crippen LogP contribution >= 0.6 is 0 Å². The number of anilines is 2. The Balaban J connectivity index is 2.12. The molecule has 1 aliphatic rings. The van der Waals surface area contributed by atoms with Gasteiger partial charge in [0.15, 0.2) is 0 Å². The number of hydrogen-bond acceptors (Lipinski definition) is 2. The van der Waals surface area contributed by atoms with E-state index in [1.165, 1.54) is 38.0 Å². The van der Waals surface area contributed by atoms with E-state index < -0.39 is 0 Å². The molecule has 0 atom stereocenters. The van der Waals surface area contributed by atoms with Crippen LogP contribution in [-0.2, 0) is 17.9 Å². The molecule has 30 heavy (non-hydrogen) atoms. The van der Waals surface area contributed by atoms with Crippen molar-refractivity contribution in [3.63, 3.8) is 0 Å². The van der Waals surface area contributed by atoms with Crippen LogP contribution in [0.1, 0.15) is 101 Å². The fraction of sp³-hybridized carbons (Fsp3) is 0.519. The molecule has 0 spiro atoms. The molecule has 1 fully saturated rings. The van der Waals surface area contributed by atoms with Gasteiger partial charge in [0.25, 0.3) is 0 Å². The van der Waals surface area contributed by atoms with Crippen LogP contribution in [0.5, 0.6) is 0 Å². The first-order valence-electron chi connectivity index (χ1n) is 11.5. The van der Waals surface area contributed by atoms with Gasteiger partial charge in [-0.1, -0.05) is 0 Å². The molecule has 0 amide bonds. The van der Waals surface area contributed by atoms with Gasteiger partial charge in [-0.2, -0.15) is 0 Å². The minimum absolute atomic E-state index is 0.501. The van der Waals surface area contributed by atoms with Crippen LogP contribution in [0.4, 0.5) is 11.4 Å². The van der Waals surface area contributed by atoms with Crippen LogP contribution in [0.3, 0.4) is 0 Å². The zero-order valence-electron chi connectivity index (χ0n) is 19.9. The average molecular weight is 492 g/mol. The third kappa shape index (κ3) is 4.29. The van der Waals surface area contributed by atoms with E-state index in [1.54, 1.807) is 0 Å². The standard InChI is InChI=1S/C27H38N2.Ru/c1-18(2)22-11-9-12-23(19(3)4)26(22)28-15-16-29(17-28)27-24(20(5)6)13-10-14-25(27)21(7)8;/h9-14,18-21H,15-16H2,1-8H3;. The molecule has 2 aromatic rings. The van der Waals surface area contributed by atoms with Gasteiger partial charge in [0.2, 0.25) is 0 Å². The first-order chi connectivity index (χ1) is 14.1. The Bertz CT molecular complexity index is 785. The molecule has 0 aromatic heterocycles. The summed E-state index contributed by atoms with van der Waals surface area (Å²) >= 11 is 2.96. The molecule has 2 aromatic carbocycles. The number of rotatable bonds is 6. The fourth-order valence-corrected chi connectivity index (χ4v) is 5.35. The second-order valence-electron chi connectivity index (χ2n) is 9.75. The van der Waals surface area contributed by atoms with Gasteiger partial charge in [-0.3, -0.25) is 0 Å². The van der Waals surface area contributed by atoms with Gasteiger partial charge < -0.3 is 0 Å². The Labute approximate surface area is 193 Å². The normalized spacial score (nSPS) is 14.9. The molecule has 164 valence electrons. The molecule has 3 heteroatoms. The summed E-state index contributed by atoms with van der Waals surface area (Å²) in [6, 6.07) is 13.7. The minimum atomic E-state index is 0.501. The Morgan fingerprint density at radius 3 is 1.07 bits per heavy atom. The first-order valence-corrected chi connectivity index (χ1v) is 12.3. The van der Waals surface area contributed by atoms with E-state index >= 15 is 0 Å². The molecule has 1 saturated heterocycles. The van der Waals surface area contributed by atoms with Gasteiger partial charge in [-0.25, -0.2) is 0 Å². The first kappa shape index (κ1) is 23.2. The van der Waals surface area contributed by atoms with Gasteiger partial charge in [0.05, 0.1) is 0 Å². The Morgan fingerprint density at radius 1 is 0.567 bits per heavy atom. The van der Waals surface area contributed by atoms with Crippen molar-refractivity contribution >= 4 is 15.7 Å². The topological polar surface area (TPSA) is 6.48 Å². The molecule has 2 nitrogen and oxygen atoms in total. The van der Waals surface area contributed by atoms with E-state index in [0.29, 0.717) is 23.7 Å². The molecular formula is C27H38N2Ru. The van der Waals surface area contributed by atoms with Crippen molar-refractivity contribution < 1.29 is 17.9 Å². The zero-order chi connectivity index (χ0) is 22.2. The van der Waals surface area contributed by atoms with Crippen molar-refractivity contribution in [3.05, 3.63) is 58.7 Å². The maximum absolute atomic E-state index is 2.96. The van der Waals surface area contributed by atoms with Gasteiger partial charge in [-0.05, 0) is 0 Å². The van der Waals surface area contributed by atoms with E-state index in [0.717, 1.165) is 13.1 Å². The van der Waals surface area contributed by atoms with Crippen molar-refractivity contribution in [1.29, 1.82) is 0 Å². The van der Waals surface area contributed by atoms with Crippen LogP contribution in [0.2, 0.25) is 0 Å². The number of para-hydroxylation sites is 2. The van der Waals surface area contributed by atoms with Crippen LogP contribution in [0, 0.1) is 0 Å². The van der Waals surface area contributed by atoms with Gasteiger partial charge in [-0.15, -0.1) is 0 Å². The van der Waals surface area contributed by atoms with Crippen LogP contribution in [0.15, 0.2) is 36.4 Å². The van der Waals surface area contributed by atoms with Gasteiger partial charge in [0, 0.05) is 0 Å². The van der Waals surface area contributed by atoms with E-state index in [9.17, 15) is 0 Å². The summed E-state index contributed by atoms with van der Waals surface area (Å²) in [6.07, 6.45) is 0. The summed E-state index contributed by atoms with van der Waals surface area (Å²) in [7, 11) is 0. The number of hydrogen-bond donors (Lipinski definition) is 0. The number of nitrogens with zero attached hydrogens (tertiary/aromatic N) is 2. The van der Waals surface area contributed by atoms with E-state index in [-0.39, 0.29) is 0 Å². The molecule has 0 N–H and O–H groups in total. The second-order valence-corrected chi connectivity index (χ2v) is 10.5. The Kier molecular flexibility index (Phi) is 7.23. The Morgan fingerprint density at radius 2 is 0.833 bits per heavy atom. The summed E-state index contributed by atoms with van der Waals surface area (Å²) in [5.74, 6) is 2.00. The van der Waals surface area contributed by atoms with Crippen LogP contribution in [-0.4, -0.2) is 17.4 Å². The van der Waals surface area contributed by atoms with Crippen molar-refractivity contribution in [2.75, 3.05) is 22.9 Å². The van der Waals surface area contributed by atoms with Gasteiger partial charge in [0.1, 0.15) is 0 Å². The third-order valence-electron chi connectivity index (χ3n) is 6.20. The summed E-state index contributed by atoms with van der Waals surface area (Å²) < 4.78 is 1.29. The molecule has 0 saturated carbocycles. The molecule has 0 radical (unpaired) electrons. The molecule has 1 heterocycles. The molecule has 1 aliphatic heterocycles. The predicted octanol–water partition coefficient (Wildman–Crippen LogP) is 7.14. The fourth-order valence-electron chi connectivity index (χ4n) is 4.57. The third-order valence-corrected chi connectivity index (χ3v) is 7.14. The molecule has 0 aliphatic carbocycles. The molecule has 0 unspecified atom stereocenters. The van der Waals surface area contributed by atoms with Crippen molar-refractivity contribution in [3.8, 4) is 0 Å². The number of benzene rings is 2.